The van der Waals surface area contributed by atoms with Crippen LogP contribution in [0.2, 0.25) is 5.28 Å². The quantitative estimate of drug-likeness (QED) is 0.355. The average Bonchev–Trinajstić information content (AvgIpc) is 2.72. The van der Waals surface area contributed by atoms with Gasteiger partial charge in [-0.1, -0.05) is 54.6 Å². The highest BCUT2D eigenvalue weighted by atomic mass is 35.5. The third kappa shape index (κ3) is 4.66. The van der Waals surface area contributed by atoms with Gasteiger partial charge in [-0.3, -0.25) is 0 Å². The molecule has 30 heavy (non-hydrogen) atoms. The number of aromatic nitrogens is 2. The average molecular weight is 426 g/mol. The Morgan fingerprint density at radius 1 is 0.933 bits per heavy atom. The molecule has 0 fully saturated rings. The molecule has 7 heteroatoms. The van der Waals surface area contributed by atoms with Crippen LogP contribution in [0.25, 0.3) is 22.0 Å². The Morgan fingerprint density at radius 2 is 1.67 bits per heavy atom. The summed E-state index contributed by atoms with van der Waals surface area (Å²) in [6, 6.07) is 22.2. The van der Waals surface area contributed by atoms with Crippen molar-refractivity contribution in [2.75, 3.05) is 5.32 Å². The Kier molecular flexibility index (Phi) is 5.50. The zero-order chi connectivity index (χ0) is 21.1. The van der Waals surface area contributed by atoms with E-state index in [1.165, 1.54) is 12.1 Å². The summed E-state index contributed by atoms with van der Waals surface area (Å²) in [7, 11) is 0. The van der Waals surface area contributed by atoms with Crippen LogP contribution in [-0.2, 0) is 6.54 Å². The van der Waals surface area contributed by atoms with E-state index < -0.39 is 6.11 Å². The molecule has 0 atom stereocenters. The van der Waals surface area contributed by atoms with Crippen molar-refractivity contribution in [3.63, 3.8) is 0 Å². The molecule has 1 aromatic heterocycles. The topological polar surface area (TPSA) is 47.0 Å². The molecule has 4 aromatic rings. The Morgan fingerprint density at radius 3 is 2.37 bits per heavy atom. The van der Waals surface area contributed by atoms with E-state index in [4.69, 9.17) is 11.6 Å². The second kappa shape index (κ2) is 8.24. The number of anilines is 1. The van der Waals surface area contributed by atoms with Gasteiger partial charge in [-0.25, -0.2) is 9.97 Å². The number of fused-ring (bicyclic) bond motifs is 1. The molecule has 0 bridgehead atoms. The van der Waals surface area contributed by atoms with Crippen molar-refractivity contribution < 1.29 is 13.5 Å². The number of hydrogen-bond acceptors (Lipinski definition) is 4. The largest absolute Gasteiger partial charge is 0.433 e. The summed E-state index contributed by atoms with van der Waals surface area (Å²) in [4.78, 5) is 8.74. The molecule has 0 amide bonds. The van der Waals surface area contributed by atoms with Gasteiger partial charge in [0.05, 0.1) is 10.9 Å². The fourth-order valence-corrected chi connectivity index (χ4v) is 3.38. The number of halogens is 3. The van der Waals surface area contributed by atoms with Gasteiger partial charge in [-0.05, 0) is 46.5 Å². The molecular weight excluding hydrogens is 408 g/mol. The van der Waals surface area contributed by atoms with Crippen LogP contribution in [0, 0.1) is 0 Å². The highest BCUT2D eigenvalue weighted by Crippen LogP contribution is 2.33. The number of benzene rings is 3. The molecule has 0 saturated heterocycles. The van der Waals surface area contributed by atoms with Crippen LogP contribution in [0.1, 0.15) is 12.5 Å². The van der Waals surface area contributed by atoms with Gasteiger partial charge in [0, 0.05) is 13.5 Å². The van der Waals surface area contributed by atoms with Crippen LogP contribution < -0.4 is 10.1 Å². The van der Waals surface area contributed by atoms with E-state index >= 15 is 0 Å². The molecular formula is C23H18ClF2N3O. The van der Waals surface area contributed by atoms with E-state index in [-0.39, 0.29) is 11.0 Å². The van der Waals surface area contributed by atoms with Crippen molar-refractivity contribution in [3.8, 4) is 16.9 Å². The summed E-state index contributed by atoms with van der Waals surface area (Å²) < 4.78 is 30.5. The number of alkyl halides is 2. The normalized spacial score (nSPS) is 11.5. The summed E-state index contributed by atoms with van der Waals surface area (Å²) in [5.41, 5.74) is 3.63. The zero-order valence-corrected chi connectivity index (χ0v) is 16.8. The van der Waals surface area contributed by atoms with E-state index in [9.17, 15) is 8.78 Å². The maximum Gasteiger partial charge on any atom is 0.394 e. The lowest BCUT2D eigenvalue weighted by Crippen LogP contribution is -2.19. The highest BCUT2D eigenvalue weighted by molar-refractivity contribution is 6.29. The standard InChI is InChI=1S/C23H18ClF2N3O/c1-23(25,26)30-17-12-10-15(11-13-17)14-27-21-20-18(16-6-3-2-4-7-16)8-5-9-19(20)28-22(24)29-21/h2-13H,14H2,1H3,(H,27,28,29). The second-order valence-electron chi connectivity index (χ2n) is 6.81. The summed E-state index contributed by atoms with van der Waals surface area (Å²) in [6.07, 6.45) is -3.22. The summed E-state index contributed by atoms with van der Waals surface area (Å²) in [5.74, 6) is 0.706. The molecule has 4 rings (SSSR count). The maximum absolute atomic E-state index is 13.0. The van der Waals surface area contributed by atoms with Crippen LogP contribution >= 0.6 is 11.6 Å². The van der Waals surface area contributed by atoms with Crippen molar-refractivity contribution in [3.05, 3.63) is 83.6 Å². The Hall–Kier alpha value is -3.25. The number of nitrogens with one attached hydrogen (secondary N) is 1. The third-order valence-electron chi connectivity index (χ3n) is 4.46. The van der Waals surface area contributed by atoms with Crippen molar-refractivity contribution in [1.82, 2.24) is 9.97 Å². The van der Waals surface area contributed by atoms with Crippen LogP contribution in [0.5, 0.6) is 5.75 Å². The fraction of sp³-hybridized carbons (Fsp3) is 0.130. The lowest BCUT2D eigenvalue weighted by molar-refractivity contribution is -0.158. The molecule has 1 heterocycles. The smallest absolute Gasteiger partial charge is 0.394 e. The first-order valence-electron chi connectivity index (χ1n) is 9.30. The Bertz CT molecular complexity index is 1160. The van der Waals surface area contributed by atoms with Gasteiger partial charge >= 0.3 is 6.11 Å². The lowest BCUT2D eigenvalue weighted by atomic mass is 10.0. The fourth-order valence-electron chi connectivity index (χ4n) is 3.21. The molecule has 4 nitrogen and oxygen atoms in total. The summed E-state index contributed by atoms with van der Waals surface area (Å²) in [5, 5.41) is 4.30. The van der Waals surface area contributed by atoms with Gasteiger partial charge < -0.3 is 10.1 Å². The minimum atomic E-state index is -3.22. The molecule has 152 valence electrons. The number of hydrogen-bond donors (Lipinski definition) is 1. The molecule has 0 spiro atoms. The van der Waals surface area contributed by atoms with E-state index in [0.717, 1.165) is 27.6 Å². The van der Waals surface area contributed by atoms with Crippen LogP contribution in [0.4, 0.5) is 14.6 Å². The van der Waals surface area contributed by atoms with Crippen LogP contribution in [0.3, 0.4) is 0 Å². The SMILES string of the molecule is CC(F)(F)Oc1ccc(CNc2nc(Cl)nc3cccc(-c4ccccc4)c23)cc1. The van der Waals surface area contributed by atoms with Gasteiger partial charge in [-0.2, -0.15) is 8.78 Å². The first-order chi connectivity index (χ1) is 14.4. The third-order valence-corrected chi connectivity index (χ3v) is 4.63. The Balaban J connectivity index is 1.64. The van der Waals surface area contributed by atoms with Gasteiger partial charge in [0.25, 0.3) is 0 Å². The molecule has 0 radical (unpaired) electrons. The van der Waals surface area contributed by atoms with E-state index in [1.54, 1.807) is 12.1 Å². The number of ether oxygens (including phenoxy) is 1. The first kappa shape index (κ1) is 20.0. The van der Waals surface area contributed by atoms with E-state index in [2.05, 4.69) is 20.0 Å². The van der Waals surface area contributed by atoms with Crippen molar-refractivity contribution in [2.45, 2.75) is 19.6 Å². The van der Waals surface area contributed by atoms with E-state index in [1.807, 2.05) is 48.5 Å². The first-order valence-corrected chi connectivity index (χ1v) is 9.68. The van der Waals surface area contributed by atoms with E-state index in [0.29, 0.717) is 19.3 Å². The molecule has 0 aliphatic rings. The highest BCUT2D eigenvalue weighted by Gasteiger charge is 2.22. The number of nitrogens with zero attached hydrogens (tertiary/aromatic N) is 2. The van der Waals surface area contributed by atoms with Crippen LogP contribution in [-0.4, -0.2) is 16.1 Å². The van der Waals surface area contributed by atoms with Gasteiger partial charge in [0.2, 0.25) is 5.28 Å². The lowest BCUT2D eigenvalue weighted by Gasteiger charge is -2.14. The van der Waals surface area contributed by atoms with Gasteiger partial charge in [-0.15, -0.1) is 0 Å². The molecule has 0 unspecified atom stereocenters. The predicted octanol–water partition coefficient (Wildman–Crippen LogP) is 6.55. The number of rotatable bonds is 6. The molecule has 3 aromatic carbocycles. The van der Waals surface area contributed by atoms with Gasteiger partial charge in [0.1, 0.15) is 11.6 Å². The monoisotopic (exact) mass is 425 g/mol. The second-order valence-corrected chi connectivity index (χ2v) is 7.15. The Labute approximate surface area is 177 Å². The molecule has 0 saturated carbocycles. The maximum atomic E-state index is 13.0. The van der Waals surface area contributed by atoms with Gasteiger partial charge in [0.15, 0.2) is 0 Å². The molecule has 0 aliphatic heterocycles. The van der Waals surface area contributed by atoms with Crippen molar-refractivity contribution in [2.24, 2.45) is 0 Å². The minimum Gasteiger partial charge on any atom is -0.433 e. The summed E-state index contributed by atoms with van der Waals surface area (Å²) >= 11 is 6.14. The minimum absolute atomic E-state index is 0.105. The van der Waals surface area contributed by atoms with Crippen molar-refractivity contribution in [1.29, 1.82) is 0 Å². The molecule has 1 N–H and O–H groups in total. The van der Waals surface area contributed by atoms with Crippen LogP contribution in [0.15, 0.2) is 72.8 Å². The van der Waals surface area contributed by atoms with Crippen molar-refractivity contribution >= 4 is 28.3 Å². The summed E-state index contributed by atoms with van der Waals surface area (Å²) in [6.45, 7) is 1.13. The zero-order valence-electron chi connectivity index (χ0n) is 16.1. The molecule has 0 aliphatic carbocycles. The predicted molar refractivity (Wildman–Crippen MR) is 115 cm³/mol.